The van der Waals surface area contributed by atoms with Crippen LogP contribution in [0.25, 0.3) is 0 Å². The molecule has 0 spiro atoms. The fourth-order valence-electron chi connectivity index (χ4n) is 1.94. The van der Waals surface area contributed by atoms with Crippen LogP contribution < -0.4 is 10.5 Å². The number of rotatable bonds is 4. The van der Waals surface area contributed by atoms with Crippen LogP contribution in [-0.4, -0.2) is 6.61 Å². The quantitative estimate of drug-likeness (QED) is 0.657. The molecule has 0 aliphatic rings. The van der Waals surface area contributed by atoms with Crippen molar-refractivity contribution in [3.05, 3.63) is 60.9 Å². The van der Waals surface area contributed by atoms with Gasteiger partial charge in [-0.1, -0.05) is 53.9 Å². The minimum absolute atomic E-state index is 0.216. The van der Waals surface area contributed by atoms with Gasteiger partial charge in [0.15, 0.2) is 0 Å². The van der Waals surface area contributed by atoms with Crippen molar-refractivity contribution in [2.45, 2.75) is 13.0 Å². The first kappa shape index (κ1) is 16.0. The van der Waals surface area contributed by atoms with Gasteiger partial charge in [-0.3, -0.25) is 0 Å². The van der Waals surface area contributed by atoms with Crippen LogP contribution in [0.3, 0.4) is 0 Å². The molecule has 2 rings (SSSR count). The van der Waals surface area contributed by atoms with Crippen molar-refractivity contribution in [2.24, 2.45) is 5.73 Å². The van der Waals surface area contributed by atoms with Gasteiger partial charge in [-0.05, 0) is 48.4 Å². The van der Waals surface area contributed by atoms with Crippen LogP contribution in [0.5, 0.6) is 5.75 Å². The van der Waals surface area contributed by atoms with Crippen molar-refractivity contribution in [3.63, 3.8) is 0 Å². The molecule has 0 saturated carbocycles. The Morgan fingerprint density at radius 1 is 1.00 bits per heavy atom. The van der Waals surface area contributed by atoms with Crippen LogP contribution in [-0.2, 0) is 0 Å². The second-order valence-corrected chi connectivity index (χ2v) is 6.88. The van der Waals surface area contributed by atoms with Gasteiger partial charge in [0.05, 0.1) is 12.6 Å². The molecular weight excluding hydrogens is 450 g/mol. The second-order valence-electron chi connectivity index (χ2n) is 4.26. The summed E-state index contributed by atoms with van der Waals surface area (Å²) < 4.78 is 8.43. The fourth-order valence-corrected chi connectivity index (χ4v) is 3.41. The van der Waals surface area contributed by atoms with E-state index in [0.717, 1.165) is 30.3 Å². The molecular formula is C15H14Br3NO. The molecule has 0 aliphatic heterocycles. The number of halogens is 3. The number of hydrogen-bond donors (Lipinski definition) is 1. The maximum Gasteiger partial charge on any atom is 0.120 e. The first-order valence-electron chi connectivity index (χ1n) is 6.15. The minimum Gasteiger partial charge on any atom is -0.494 e. The molecule has 0 aliphatic carbocycles. The monoisotopic (exact) mass is 461 g/mol. The van der Waals surface area contributed by atoms with E-state index in [9.17, 15) is 0 Å². The van der Waals surface area contributed by atoms with Gasteiger partial charge in [0.25, 0.3) is 0 Å². The molecule has 0 radical (unpaired) electrons. The molecule has 2 nitrogen and oxygen atoms in total. The maximum absolute atomic E-state index is 6.39. The van der Waals surface area contributed by atoms with E-state index >= 15 is 0 Å². The Morgan fingerprint density at radius 3 is 2.40 bits per heavy atom. The van der Waals surface area contributed by atoms with Gasteiger partial charge in [0.1, 0.15) is 5.75 Å². The van der Waals surface area contributed by atoms with E-state index in [1.54, 1.807) is 0 Å². The highest BCUT2D eigenvalue weighted by molar-refractivity contribution is 9.11. The molecule has 1 unspecified atom stereocenters. The van der Waals surface area contributed by atoms with Gasteiger partial charge in [0.2, 0.25) is 0 Å². The van der Waals surface area contributed by atoms with Crippen molar-refractivity contribution >= 4 is 47.8 Å². The van der Waals surface area contributed by atoms with Crippen LogP contribution in [0.2, 0.25) is 0 Å². The first-order valence-corrected chi connectivity index (χ1v) is 8.53. The number of nitrogens with two attached hydrogens (primary N) is 1. The Labute approximate surface area is 144 Å². The largest absolute Gasteiger partial charge is 0.494 e. The third-order valence-corrected chi connectivity index (χ3v) is 4.81. The predicted molar refractivity (Wildman–Crippen MR) is 93.2 cm³/mol. The molecule has 0 heterocycles. The van der Waals surface area contributed by atoms with E-state index in [2.05, 4.69) is 47.8 Å². The molecule has 0 aromatic heterocycles. The SMILES string of the molecule is CCOc1ccc(C(N)c2cc(Br)ccc2Br)c(Br)c1. The van der Waals surface area contributed by atoms with Crippen LogP contribution >= 0.6 is 47.8 Å². The number of benzene rings is 2. The Morgan fingerprint density at radius 2 is 1.75 bits per heavy atom. The lowest BCUT2D eigenvalue weighted by Gasteiger charge is -2.17. The highest BCUT2D eigenvalue weighted by Crippen LogP contribution is 2.34. The topological polar surface area (TPSA) is 35.2 Å². The first-order chi connectivity index (χ1) is 9.52. The Kier molecular flexibility index (Phi) is 5.66. The summed E-state index contributed by atoms with van der Waals surface area (Å²) in [5.74, 6) is 0.837. The molecule has 20 heavy (non-hydrogen) atoms. The maximum atomic E-state index is 6.39. The standard InChI is InChI=1S/C15H14Br3NO/c1-2-20-10-4-5-11(14(18)8-10)15(19)12-7-9(16)3-6-13(12)17/h3-8,15H,2,19H2,1H3. The average molecular weight is 464 g/mol. The van der Waals surface area contributed by atoms with Crippen molar-refractivity contribution in [1.82, 2.24) is 0 Å². The Balaban J connectivity index is 2.38. The number of ether oxygens (including phenoxy) is 1. The molecule has 2 aromatic carbocycles. The molecule has 0 bridgehead atoms. The van der Waals surface area contributed by atoms with E-state index in [-0.39, 0.29) is 6.04 Å². The van der Waals surface area contributed by atoms with Crippen molar-refractivity contribution in [1.29, 1.82) is 0 Å². The lowest BCUT2D eigenvalue weighted by molar-refractivity contribution is 0.340. The van der Waals surface area contributed by atoms with E-state index in [1.807, 2.05) is 43.3 Å². The smallest absolute Gasteiger partial charge is 0.120 e. The highest BCUT2D eigenvalue weighted by Gasteiger charge is 2.16. The van der Waals surface area contributed by atoms with Gasteiger partial charge in [-0.15, -0.1) is 0 Å². The summed E-state index contributed by atoms with van der Waals surface area (Å²) in [6, 6.07) is 11.7. The van der Waals surface area contributed by atoms with Crippen molar-refractivity contribution < 1.29 is 4.74 Å². The fraction of sp³-hybridized carbons (Fsp3) is 0.200. The zero-order valence-corrected chi connectivity index (χ0v) is 15.6. The Bertz CT molecular complexity index is 616. The van der Waals surface area contributed by atoms with Crippen LogP contribution in [0, 0.1) is 0 Å². The summed E-state index contributed by atoms with van der Waals surface area (Å²) in [7, 11) is 0. The molecule has 2 N–H and O–H groups in total. The summed E-state index contributed by atoms with van der Waals surface area (Å²) in [5, 5.41) is 0. The third kappa shape index (κ3) is 3.64. The van der Waals surface area contributed by atoms with Crippen molar-refractivity contribution in [3.8, 4) is 5.75 Å². The van der Waals surface area contributed by atoms with Gasteiger partial charge >= 0.3 is 0 Å². The lowest BCUT2D eigenvalue weighted by atomic mass is 9.99. The summed E-state index contributed by atoms with van der Waals surface area (Å²) in [6.07, 6.45) is 0. The van der Waals surface area contributed by atoms with E-state index in [1.165, 1.54) is 0 Å². The number of hydrogen-bond acceptors (Lipinski definition) is 2. The molecule has 2 aromatic rings. The zero-order chi connectivity index (χ0) is 14.7. The van der Waals surface area contributed by atoms with Gasteiger partial charge in [-0.25, -0.2) is 0 Å². The normalized spacial score (nSPS) is 12.2. The van der Waals surface area contributed by atoms with Crippen LogP contribution in [0.15, 0.2) is 49.8 Å². The third-order valence-electron chi connectivity index (χ3n) is 2.91. The molecule has 106 valence electrons. The summed E-state index contributed by atoms with van der Waals surface area (Å²) in [6.45, 7) is 2.61. The van der Waals surface area contributed by atoms with E-state index in [0.29, 0.717) is 6.61 Å². The highest BCUT2D eigenvalue weighted by atomic mass is 79.9. The van der Waals surface area contributed by atoms with Crippen molar-refractivity contribution in [2.75, 3.05) is 6.61 Å². The summed E-state index contributed by atoms with van der Waals surface area (Å²) in [5.41, 5.74) is 8.44. The Hall–Kier alpha value is -0.360. The summed E-state index contributed by atoms with van der Waals surface area (Å²) in [4.78, 5) is 0. The van der Waals surface area contributed by atoms with Crippen LogP contribution in [0.1, 0.15) is 24.1 Å². The van der Waals surface area contributed by atoms with E-state index in [4.69, 9.17) is 10.5 Å². The molecule has 5 heteroatoms. The van der Waals surface area contributed by atoms with Gasteiger partial charge < -0.3 is 10.5 Å². The zero-order valence-electron chi connectivity index (χ0n) is 10.9. The molecule has 0 fully saturated rings. The second kappa shape index (κ2) is 7.07. The molecule has 1 atom stereocenters. The van der Waals surface area contributed by atoms with Crippen LogP contribution in [0.4, 0.5) is 0 Å². The van der Waals surface area contributed by atoms with E-state index < -0.39 is 0 Å². The lowest BCUT2D eigenvalue weighted by Crippen LogP contribution is -2.13. The van der Waals surface area contributed by atoms with Gasteiger partial charge in [0, 0.05) is 13.4 Å². The molecule has 0 amide bonds. The summed E-state index contributed by atoms with van der Waals surface area (Å²) >= 11 is 10.6. The predicted octanol–water partition coefficient (Wildman–Crippen LogP) is 5.42. The minimum atomic E-state index is -0.216. The molecule has 0 saturated heterocycles. The van der Waals surface area contributed by atoms with Gasteiger partial charge in [-0.2, -0.15) is 0 Å². The average Bonchev–Trinajstić information content (AvgIpc) is 2.41.